The second-order valence-corrected chi connectivity index (χ2v) is 6.67. The Hall–Kier alpha value is -0.490. The van der Waals surface area contributed by atoms with E-state index in [0.717, 1.165) is 16.9 Å². The molecule has 0 unspecified atom stereocenters. The Balaban J connectivity index is 1.86. The molecule has 0 N–H and O–H groups in total. The van der Waals surface area contributed by atoms with Crippen LogP contribution in [0.5, 0.6) is 0 Å². The maximum atomic E-state index is 5.99. The highest BCUT2D eigenvalue weighted by atomic mass is 35.5. The smallest absolute Gasteiger partial charge is 0.0408 e. The van der Waals surface area contributed by atoms with E-state index in [1.165, 1.54) is 24.8 Å². The number of halogens is 1. The Morgan fingerprint density at radius 2 is 1.94 bits per heavy atom. The number of rotatable bonds is 2. The van der Waals surface area contributed by atoms with Crippen molar-refractivity contribution in [3.8, 4) is 0 Å². The van der Waals surface area contributed by atoms with E-state index in [-0.39, 0.29) is 0 Å². The van der Waals surface area contributed by atoms with Crippen molar-refractivity contribution in [1.29, 1.82) is 0 Å². The van der Waals surface area contributed by atoms with Gasteiger partial charge in [0.05, 0.1) is 0 Å². The summed E-state index contributed by atoms with van der Waals surface area (Å²) < 4.78 is 0. The summed E-state index contributed by atoms with van der Waals surface area (Å²) >= 11 is 5.99. The van der Waals surface area contributed by atoms with Crippen molar-refractivity contribution in [2.75, 3.05) is 0 Å². The van der Waals surface area contributed by atoms with Gasteiger partial charge in [-0.05, 0) is 54.2 Å². The molecular formula is C15H21Cl. The molecule has 0 aliphatic heterocycles. The van der Waals surface area contributed by atoms with Crippen LogP contribution in [0, 0.1) is 17.3 Å². The number of benzene rings is 1. The fraction of sp³-hybridized carbons (Fsp3) is 0.600. The Labute approximate surface area is 104 Å². The van der Waals surface area contributed by atoms with Crippen molar-refractivity contribution in [3.05, 3.63) is 34.9 Å². The van der Waals surface area contributed by atoms with Gasteiger partial charge in [0.25, 0.3) is 0 Å². The molecule has 2 rings (SSSR count). The maximum Gasteiger partial charge on any atom is 0.0408 e. The first-order valence-electron chi connectivity index (χ1n) is 6.19. The molecule has 0 bridgehead atoms. The van der Waals surface area contributed by atoms with E-state index in [1.54, 1.807) is 0 Å². The molecule has 0 spiro atoms. The van der Waals surface area contributed by atoms with Gasteiger partial charge in [0.15, 0.2) is 0 Å². The van der Waals surface area contributed by atoms with Gasteiger partial charge in [-0.25, -0.2) is 0 Å². The topological polar surface area (TPSA) is 0 Å². The lowest BCUT2D eigenvalue weighted by Crippen LogP contribution is -2.34. The van der Waals surface area contributed by atoms with Gasteiger partial charge in [-0.3, -0.25) is 0 Å². The maximum absolute atomic E-state index is 5.99. The molecule has 88 valence electrons. The second-order valence-electron chi connectivity index (χ2n) is 6.23. The van der Waals surface area contributed by atoms with Gasteiger partial charge in [-0.1, -0.05) is 44.5 Å². The lowest BCUT2D eigenvalue weighted by atomic mass is 9.62. The normalized spacial score (nSPS) is 25.2. The molecule has 1 aliphatic rings. The summed E-state index contributed by atoms with van der Waals surface area (Å²) in [7, 11) is 0. The van der Waals surface area contributed by atoms with Crippen LogP contribution in [0.3, 0.4) is 0 Å². The van der Waals surface area contributed by atoms with Crippen LogP contribution in [0.25, 0.3) is 0 Å². The lowest BCUT2D eigenvalue weighted by molar-refractivity contribution is 0.0762. The molecule has 0 saturated heterocycles. The SMILES string of the molecule is CC(C)(C)C1CC(Cc2cccc(Cl)c2)C1. The molecule has 1 aromatic carbocycles. The molecule has 16 heavy (non-hydrogen) atoms. The zero-order valence-electron chi connectivity index (χ0n) is 10.5. The highest BCUT2D eigenvalue weighted by Gasteiger charge is 2.36. The van der Waals surface area contributed by atoms with E-state index in [9.17, 15) is 0 Å². The van der Waals surface area contributed by atoms with Crippen LogP contribution in [0.4, 0.5) is 0 Å². The van der Waals surface area contributed by atoms with Gasteiger partial charge in [-0.15, -0.1) is 0 Å². The minimum atomic E-state index is 0.491. The molecule has 1 saturated carbocycles. The Morgan fingerprint density at radius 1 is 1.25 bits per heavy atom. The Bertz CT molecular complexity index is 356. The first-order chi connectivity index (χ1) is 7.45. The molecule has 1 fully saturated rings. The minimum Gasteiger partial charge on any atom is -0.0843 e. The third-order valence-corrected chi connectivity index (χ3v) is 4.11. The summed E-state index contributed by atoms with van der Waals surface area (Å²) in [5, 5.41) is 0.865. The minimum absolute atomic E-state index is 0.491. The van der Waals surface area contributed by atoms with Crippen LogP contribution < -0.4 is 0 Å². The van der Waals surface area contributed by atoms with Crippen LogP contribution in [0.2, 0.25) is 5.02 Å². The lowest BCUT2D eigenvalue weighted by Gasteiger charge is -2.44. The standard InChI is InChI=1S/C15H21Cl/c1-15(2,3)13-8-12(9-13)7-11-5-4-6-14(16)10-11/h4-6,10,12-13H,7-9H2,1-3H3. The van der Waals surface area contributed by atoms with Crippen molar-refractivity contribution in [2.24, 2.45) is 17.3 Å². The summed E-state index contributed by atoms with van der Waals surface area (Å²) in [5.74, 6) is 1.79. The monoisotopic (exact) mass is 236 g/mol. The van der Waals surface area contributed by atoms with Gasteiger partial charge < -0.3 is 0 Å². The zero-order chi connectivity index (χ0) is 11.8. The van der Waals surface area contributed by atoms with Crippen LogP contribution in [-0.4, -0.2) is 0 Å². The van der Waals surface area contributed by atoms with Crippen LogP contribution in [-0.2, 0) is 6.42 Å². The molecule has 0 atom stereocenters. The first-order valence-corrected chi connectivity index (χ1v) is 6.57. The highest BCUT2D eigenvalue weighted by Crippen LogP contribution is 2.46. The zero-order valence-corrected chi connectivity index (χ0v) is 11.2. The van der Waals surface area contributed by atoms with E-state index in [1.807, 2.05) is 6.07 Å². The largest absolute Gasteiger partial charge is 0.0843 e. The summed E-state index contributed by atoms with van der Waals surface area (Å²) in [5.41, 5.74) is 1.88. The molecule has 0 aromatic heterocycles. The molecular weight excluding hydrogens is 216 g/mol. The van der Waals surface area contributed by atoms with E-state index >= 15 is 0 Å². The molecule has 1 aliphatic carbocycles. The number of hydrogen-bond acceptors (Lipinski definition) is 0. The predicted molar refractivity (Wildman–Crippen MR) is 70.8 cm³/mol. The Morgan fingerprint density at radius 3 is 2.50 bits per heavy atom. The van der Waals surface area contributed by atoms with Crippen molar-refractivity contribution < 1.29 is 0 Å². The van der Waals surface area contributed by atoms with Crippen molar-refractivity contribution in [1.82, 2.24) is 0 Å². The molecule has 1 aromatic rings. The van der Waals surface area contributed by atoms with Crippen molar-refractivity contribution in [3.63, 3.8) is 0 Å². The Kier molecular flexibility index (Phi) is 3.30. The van der Waals surface area contributed by atoms with E-state index in [4.69, 9.17) is 11.6 Å². The number of hydrogen-bond donors (Lipinski definition) is 0. The van der Waals surface area contributed by atoms with Crippen molar-refractivity contribution in [2.45, 2.75) is 40.0 Å². The molecule has 0 radical (unpaired) electrons. The average molecular weight is 237 g/mol. The highest BCUT2D eigenvalue weighted by molar-refractivity contribution is 6.30. The van der Waals surface area contributed by atoms with E-state index < -0.39 is 0 Å². The summed E-state index contributed by atoms with van der Waals surface area (Å²) in [6.45, 7) is 7.06. The van der Waals surface area contributed by atoms with Gasteiger partial charge in [0.2, 0.25) is 0 Å². The summed E-state index contributed by atoms with van der Waals surface area (Å²) in [6, 6.07) is 8.30. The molecule has 0 amide bonds. The third-order valence-electron chi connectivity index (χ3n) is 3.87. The van der Waals surface area contributed by atoms with Crippen LogP contribution in [0.1, 0.15) is 39.2 Å². The molecule has 0 nitrogen and oxygen atoms in total. The third kappa shape index (κ3) is 2.79. The van der Waals surface area contributed by atoms with Crippen molar-refractivity contribution >= 4 is 11.6 Å². The van der Waals surface area contributed by atoms with E-state index in [2.05, 4.69) is 39.0 Å². The van der Waals surface area contributed by atoms with Gasteiger partial charge in [0, 0.05) is 5.02 Å². The fourth-order valence-corrected chi connectivity index (χ4v) is 2.82. The van der Waals surface area contributed by atoms with Crippen LogP contribution in [0.15, 0.2) is 24.3 Å². The molecule has 0 heterocycles. The first kappa shape index (κ1) is 12.0. The quantitative estimate of drug-likeness (QED) is 0.681. The predicted octanol–water partition coefficient (Wildman–Crippen LogP) is 4.95. The summed E-state index contributed by atoms with van der Waals surface area (Å²) in [4.78, 5) is 0. The molecule has 1 heteroatoms. The van der Waals surface area contributed by atoms with Gasteiger partial charge in [-0.2, -0.15) is 0 Å². The summed E-state index contributed by atoms with van der Waals surface area (Å²) in [6.07, 6.45) is 3.97. The van der Waals surface area contributed by atoms with Crippen LogP contribution >= 0.6 is 11.6 Å². The average Bonchev–Trinajstić information content (AvgIpc) is 2.08. The second kappa shape index (κ2) is 4.41. The fourth-order valence-electron chi connectivity index (χ4n) is 2.61. The van der Waals surface area contributed by atoms with Gasteiger partial charge >= 0.3 is 0 Å². The van der Waals surface area contributed by atoms with E-state index in [0.29, 0.717) is 5.41 Å². The van der Waals surface area contributed by atoms with Gasteiger partial charge in [0.1, 0.15) is 0 Å².